The van der Waals surface area contributed by atoms with Crippen LogP contribution in [0, 0.1) is 6.92 Å². The molecule has 1 unspecified atom stereocenters. The summed E-state index contributed by atoms with van der Waals surface area (Å²) < 4.78 is 34.0. The minimum absolute atomic E-state index is 0.118. The SMILES string of the molecule is CCc1ccccc1NC(=O)C1CN(S(=O)(=O)c2ccc(C)cc2)c2ccccc2O1. The van der Waals surface area contributed by atoms with Crippen molar-refractivity contribution in [1.29, 1.82) is 0 Å². The van der Waals surface area contributed by atoms with Gasteiger partial charge in [0, 0.05) is 5.69 Å². The molecule has 1 aliphatic rings. The summed E-state index contributed by atoms with van der Waals surface area (Å²) in [4.78, 5) is 13.2. The average molecular weight is 437 g/mol. The Kier molecular flexibility index (Phi) is 5.69. The van der Waals surface area contributed by atoms with Crippen LogP contribution in [0.1, 0.15) is 18.1 Å². The van der Waals surface area contributed by atoms with Gasteiger partial charge in [0.25, 0.3) is 15.9 Å². The van der Waals surface area contributed by atoms with Gasteiger partial charge in [-0.2, -0.15) is 0 Å². The van der Waals surface area contributed by atoms with E-state index in [9.17, 15) is 13.2 Å². The van der Waals surface area contributed by atoms with Gasteiger partial charge in [-0.25, -0.2) is 8.42 Å². The lowest BCUT2D eigenvalue weighted by Crippen LogP contribution is -2.48. The van der Waals surface area contributed by atoms with Crippen LogP contribution in [0.15, 0.2) is 77.7 Å². The molecule has 0 radical (unpaired) electrons. The van der Waals surface area contributed by atoms with Crippen LogP contribution in [0.2, 0.25) is 0 Å². The molecule has 0 saturated carbocycles. The van der Waals surface area contributed by atoms with Crippen molar-refractivity contribution < 1.29 is 17.9 Å². The van der Waals surface area contributed by atoms with Crippen molar-refractivity contribution in [3.8, 4) is 5.75 Å². The third-order valence-electron chi connectivity index (χ3n) is 5.29. The van der Waals surface area contributed by atoms with Crippen molar-refractivity contribution in [2.75, 3.05) is 16.2 Å². The van der Waals surface area contributed by atoms with Gasteiger partial charge < -0.3 is 10.1 Å². The maximum atomic E-state index is 13.4. The van der Waals surface area contributed by atoms with Gasteiger partial charge in [-0.05, 0) is 49.2 Å². The Hall–Kier alpha value is -3.32. The molecule has 7 heteroatoms. The minimum atomic E-state index is -3.87. The molecule has 0 saturated heterocycles. The lowest BCUT2D eigenvalue weighted by atomic mass is 10.1. The molecular formula is C24H24N2O4S. The predicted molar refractivity (Wildman–Crippen MR) is 121 cm³/mol. The van der Waals surface area contributed by atoms with Gasteiger partial charge in [0.1, 0.15) is 5.75 Å². The Bertz CT molecular complexity index is 1210. The molecule has 3 aromatic carbocycles. The zero-order valence-electron chi connectivity index (χ0n) is 17.4. The van der Waals surface area contributed by atoms with E-state index in [4.69, 9.17) is 4.74 Å². The normalized spacial score (nSPS) is 15.7. The fourth-order valence-corrected chi connectivity index (χ4v) is 5.04. The molecule has 160 valence electrons. The van der Waals surface area contributed by atoms with Crippen molar-refractivity contribution >= 4 is 27.3 Å². The Morgan fingerprint density at radius 3 is 2.45 bits per heavy atom. The number of carbonyl (C=O) groups excluding carboxylic acids is 1. The third kappa shape index (κ3) is 4.14. The van der Waals surface area contributed by atoms with E-state index in [0.29, 0.717) is 17.1 Å². The first-order valence-corrected chi connectivity index (χ1v) is 11.6. The third-order valence-corrected chi connectivity index (χ3v) is 7.09. The largest absolute Gasteiger partial charge is 0.476 e. The van der Waals surface area contributed by atoms with Crippen LogP contribution in [0.25, 0.3) is 0 Å². The number of ether oxygens (including phenoxy) is 1. The zero-order valence-corrected chi connectivity index (χ0v) is 18.2. The van der Waals surface area contributed by atoms with E-state index in [0.717, 1.165) is 17.5 Å². The average Bonchev–Trinajstić information content (AvgIpc) is 2.79. The lowest BCUT2D eigenvalue weighted by Gasteiger charge is -2.34. The first-order chi connectivity index (χ1) is 14.9. The first-order valence-electron chi connectivity index (χ1n) is 10.1. The highest BCUT2D eigenvalue weighted by Gasteiger charge is 2.37. The van der Waals surface area contributed by atoms with E-state index in [1.54, 1.807) is 48.5 Å². The van der Waals surface area contributed by atoms with Gasteiger partial charge in [0.15, 0.2) is 6.10 Å². The summed E-state index contributed by atoms with van der Waals surface area (Å²) in [5.74, 6) is -0.0344. The summed E-state index contributed by atoms with van der Waals surface area (Å²) in [6.07, 6.45) is -0.223. The van der Waals surface area contributed by atoms with Gasteiger partial charge in [-0.1, -0.05) is 55.0 Å². The van der Waals surface area contributed by atoms with Gasteiger partial charge in [0.05, 0.1) is 17.1 Å². The number of amides is 1. The van der Waals surface area contributed by atoms with E-state index in [1.807, 2.05) is 38.1 Å². The van der Waals surface area contributed by atoms with Crippen molar-refractivity contribution in [2.45, 2.75) is 31.3 Å². The van der Waals surface area contributed by atoms with E-state index in [1.165, 1.54) is 4.31 Å². The Morgan fingerprint density at radius 1 is 1.03 bits per heavy atom. The molecule has 1 heterocycles. The number of para-hydroxylation sites is 3. The van der Waals surface area contributed by atoms with E-state index >= 15 is 0 Å². The second kappa shape index (κ2) is 8.43. The molecule has 0 aromatic heterocycles. The molecule has 1 aliphatic heterocycles. The molecule has 1 amide bonds. The summed E-state index contributed by atoms with van der Waals surface area (Å²) in [6.45, 7) is 3.79. The number of anilines is 2. The molecule has 1 N–H and O–H groups in total. The van der Waals surface area contributed by atoms with Crippen LogP contribution in [0.4, 0.5) is 11.4 Å². The number of sulfonamides is 1. The first kappa shape index (κ1) is 20.9. The quantitative estimate of drug-likeness (QED) is 0.652. The van der Waals surface area contributed by atoms with E-state index in [-0.39, 0.29) is 17.3 Å². The van der Waals surface area contributed by atoms with E-state index in [2.05, 4.69) is 5.32 Å². The highest BCUT2D eigenvalue weighted by atomic mass is 32.2. The van der Waals surface area contributed by atoms with Crippen LogP contribution >= 0.6 is 0 Å². The number of carbonyl (C=O) groups is 1. The van der Waals surface area contributed by atoms with Crippen LogP contribution < -0.4 is 14.4 Å². The lowest BCUT2D eigenvalue weighted by molar-refractivity contribution is -0.122. The number of nitrogens with one attached hydrogen (secondary N) is 1. The van der Waals surface area contributed by atoms with Gasteiger partial charge in [0.2, 0.25) is 0 Å². The van der Waals surface area contributed by atoms with Crippen LogP contribution in [0.5, 0.6) is 5.75 Å². The minimum Gasteiger partial charge on any atom is -0.476 e. The molecule has 0 fully saturated rings. The zero-order chi connectivity index (χ0) is 22.0. The molecule has 31 heavy (non-hydrogen) atoms. The number of benzene rings is 3. The van der Waals surface area contributed by atoms with Crippen LogP contribution in [-0.2, 0) is 21.2 Å². The molecule has 0 aliphatic carbocycles. The van der Waals surface area contributed by atoms with Crippen molar-refractivity contribution in [2.24, 2.45) is 0 Å². The monoisotopic (exact) mass is 436 g/mol. The number of hydrogen-bond acceptors (Lipinski definition) is 4. The maximum absolute atomic E-state index is 13.4. The number of nitrogens with zero attached hydrogens (tertiary/aromatic N) is 1. The molecule has 3 aromatic rings. The summed E-state index contributed by atoms with van der Waals surface area (Å²) >= 11 is 0. The summed E-state index contributed by atoms with van der Waals surface area (Å²) in [6, 6.07) is 21.1. The number of fused-ring (bicyclic) bond motifs is 1. The van der Waals surface area contributed by atoms with E-state index < -0.39 is 16.1 Å². The van der Waals surface area contributed by atoms with Crippen molar-refractivity contribution in [3.05, 3.63) is 83.9 Å². The van der Waals surface area contributed by atoms with Crippen LogP contribution in [0.3, 0.4) is 0 Å². The smallest absolute Gasteiger partial charge is 0.267 e. The highest BCUT2D eigenvalue weighted by molar-refractivity contribution is 7.92. The molecule has 4 rings (SSSR count). The van der Waals surface area contributed by atoms with Crippen molar-refractivity contribution in [3.63, 3.8) is 0 Å². The Balaban J connectivity index is 1.67. The summed E-state index contributed by atoms with van der Waals surface area (Å²) in [5.41, 5.74) is 3.08. The molecular weight excluding hydrogens is 412 g/mol. The fraction of sp³-hybridized carbons (Fsp3) is 0.208. The Morgan fingerprint density at radius 2 is 1.71 bits per heavy atom. The molecule has 1 atom stereocenters. The molecule has 0 bridgehead atoms. The highest BCUT2D eigenvalue weighted by Crippen LogP contribution is 2.37. The molecule has 0 spiro atoms. The predicted octanol–water partition coefficient (Wildman–Crippen LogP) is 4.15. The van der Waals surface area contributed by atoms with Gasteiger partial charge in [-0.15, -0.1) is 0 Å². The number of aryl methyl sites for hydroxylation is 2. The van der Waals surface area contributed by atoms with Gasteiger partial charge >= 0.3 is 0 Å². The summed E-state index contributed by atoms with van der Waals surface area (Å²) in [5, 5.41) is 2.90. The fourth-order valence-electron chi connectivity index (χ4n) is 3.57. The number of hydrogen-bond donors (Lipinski definition) is 1. The Labute approximate surface area is 182 Å². The standard InChI is InChI=1S/C24H24N2O4S/c1-3-18-8-4-5-9-20(18)25-24(27)23-16-26(21-10-6-7-11-22(21)30-23)31(28,29)19-14-12-17(2)13-15-19/h4-15,23H,3,16H2,1-2H3,(H,25,27). The second-order valence-corrected chi connectivity index (χ2v) is 9.29. The van der Waals surface area contributed by atoms with Gasteiger partial charge in [-0.3, -0.25) is 9.10 Å². The maximum Gasteiger partial charge on any atom is 0.267 e. The number of rotatable bonds is 5. The van der Waals surface area contributed by atoms with Crippen LogP contribution in [-0.4, -0.2) is 27.0 Å². The topological polar surface area (TPSA) is 75.7 Å². The second-order valence-electron chi connectivity index (χ2n) is 7.42. The summed E-state index contributed by atoms with van der Waals surface area (Å²) in [7, 11) is -3.87. The van der Waals surface area contributed by atoms with Crippen molar-refractivity contribution in [1.82, 2.24) is 0 Å². The molecule has 6 nitrogen and oxygen atoms in total.